The SMILES string of the molecule is O=[N+]([O-])c1ccc(S(=O)(=O)N(C(CF)c2ccc(F)cc2)S(=O)(=O)c2ccccc2[N+](=O)[O-])cc1. The molecule has 11 nitrogen and oxygen atoms in total. The van der Waals surface area contributed by atoms with Crippen molar-refractivity contribution in [2.24, 2.45) is 0 Å². The van der Waals surface area contributed by atoms with Gasteiger partial charge in [0.15, 0.2) is 4.90 Å². The van der Waals surface area contributed by atoms with Gasteiger partial charge in [0.1, 0.15) is 12.5 Å². The summed E-state index contributed by atoms with van der Waals surface area (Å²) in [5.41, 5.74) is -1.73. The lowest BCUT2D eigenvalue weighted by molar-refractivity contribution is -0.387. The van der Waals surface area contributed by atoms with Crippen LogP contribution in [0.25, 0.3) is 0 Å². The first kappa shape index (κ1) is 25.8. The third-order valence-electron chi connectivity index (χ3n) is 4.81. The molecule has 0 saturated carbocycles. The molecule has 0 spiro atoms. The Bertz CT molecular complexity index is 1480. The fourth-order valence-electron chi connectivity index (χ4n) is 3.18. The van der Waals surface area contributed by atoms with Gasteiger partial charge < -0.3 is 0 Å². The van der Waals surface area contributed by atoms with Gasteiger partial charge in [-0.2, -0.15) is 0 Å². The van der Waals surface area contributed by atoms with Crippen LogP contribution in [0.3, 0.4) is 0 Å². The average molecular weight is 527 g/mol. The molecule has 0 saturated heterocycles. The molecule has 3 aromatic rings. The van der Waals surface area contributed by atoms with Crippen LogP contribution in [0.1, 0.15) is 11.6 Å². The van der Waals surface area contributed by atoms with Crippen LogP contribution < -0.4 is 0 Å². The smallest absolute Gasteiger partial charge is 0.258 e. The predicted octanol–water partition coefficient (Wildman–Crippen LogP) is 3.73. The maximum Gasteiger partial charge on any atom is 0.289 e. The van der Waals surface area contributed by atoms with E-state index in [0.29, 0.717) is 0 Å². The minimum Gasteiger partial charge on any atom is -0.258 e. The van der Waals surface area contributed by atoms with Crippen LogP contribution in [0.4, 0.5) is 20.2 Å². The van der Waals surface area contributed by atoms with E-state index in [1.807, 2.05) is 0 Å². The van der Waals surface area contributed by atoms with Crippen molar-refractivity contribution in [2.45, 2.75) is 15.8 Å². The lowest BCUT2D eigenvalue weighted by Gasteiger charge is -2.28. The van der Waals surface area contributed by atoms with Crippen LogP contribution in [0.5, 0.6) is 0 Å². The second kappa shape index (κ2) is 9.81. The number of nitro groups is 2. The molecular weight excluding hydrogens is 512 g/mol. The Morgan fingerprint density at radius 3 is 1.89 bits per heavy atom. The zero-order valence-corrected chi connectivity index (χ0v) is 19.0. The van der Waals surface area contributed by atoms with E-state index in [4.69, 9.17) is 0 Å². The summed E-state index contributed by atoms with van der Waals surface area (Å²) in [4.78, 5) is 18.7. The Morgan fingerprint density at radius 2 is 1.37 bits per heavy atom. The van der Waals surface area contributed by atoms with Gasteiger partial charge in [0, 0.05) is 18.2 Å². The topological polar surface area (TPSA) is 158 Å². The van der Waals surface area contributed by atoms with E-state index >= 15 is 0 Å². The lowest BCUT2D eigenvalue weighted by Crippen LogP contribution is -2.41. The summed E-state index contributed by atoms with van der Waals surface area (Å²) in [6.45, 7) is -1.61. The highest BCUT2D eigenvalue weighted by molar-refractivity contribution is 8.04. The van der Waals surface area contributed by atoms with Crippen LogP contribution in [0.2, 0.25) is 0 Å². The molecule has 1 atom stereocenters. The van der Waals surface area contributed by atoms with Crippen molar-refractivity contribution in [1.29, 1.82) is 0 Å². The number of rotatable bonds is 9. The highest BCUT2D eigenvalue weighted by Gasteiger charge is 2.45. The van der Waals surface area contributed by atoms with Gasteiger partial charge in [0.2, 0.25) is 0 Å². The van der Waals surface area contributed by atoms with E-state index in [-0.39, 0.29) is 9.27 Å². The monoisotopic (exact) mass is 527 g/mol. The van der Waals surface area contributed by atoms with Gasteiger partial charge in [-0.3, -0.25) is 20.2 Å². The van der Waals surface area contributed by atoms with Crippen molar-refractivity contribution >= 4 is 31.4 Å². The molecule has 35 heavy (non-hydrogen) atoms. The molecule has 1 unspecified atom stereocenters. The van der Waals surface area contributed by atoms with Gasteiger partial charge in [-0.1, -0.05) is 28.0 Å². The van der Waals surface area contributed by atoms with Crippen LogP contribution in [-0.4, -0.2) is 37.1 Å². The molecule has 0 aliphatic rings. The van der Waals surface area contributed by atoms with E-state index in [0.717, 1.165) is 72.8 Å². The average Bonchev–Trinajstić information content (AvgIpc) is 2.82. The van der Waals surface area contributed by atoms with Crippen molar-refractivity contribution in [2.75, 3.05) is 6.67 Å². The van der Waals surface area contributed by atoms with Crippen LogP contribution in [-0.2, 0) is 20.0 Å². The van der Waals surface area contributed by atoms with Crippen molar-refractivity contribution in [1.82, 2.24) is 3.71 Å². The predicted molar refractivity (Wildman–Crippen MR) is 118 cm³/mol. The van der Waals surface area contributed by atoms with E-state index in [9.17, 15) is 45.8 Å². The minimum absolute atomic E-state index is 0.239. The van der Waals surface area contributed by atoms with Crippen molar-refractivity contribution in [3.8, 4) is 0 Å². The molecule has 0 amide bonds. The summed E-state index contributed by atoms with van der Waals surface area (Å²) in [7, 11) is -10.5. The molecule has 0 aromatic heterocycles. The second-order valence-corrected chi connectivity index (χ2v) is 10.8. The van der Waals surface area contributed by atoms with E-state index in [2.05, 4.69) is 0 Å². The molecular formula is C20H15F2N3O8S2. The normalized spacial score (nSPS) is 12.9. The molecule has 0 bridgehead atoms. The van der Waals surface area contributed by atoms with Gasteiger partial charge in [0.25, 0.3) is 31.4 Å². The first-order valence-corrected chi connectivity index (χ1v) is 12.4. The Hall–Kier alpha value is -3.82. The number of para-hydroxylation sites is 1. The number of hydrogen-bond acceptors (Lipinski definition) is 8. The molecule has 0 N–H and O–H groups in total. The van der Waals surface area contributed by atoms with Gasteiger partial charge in [-0.15, -0.1) is 0 Å². The Morgan fingerprint density at radius 1 is 0.800 bits per heavy atom. The zero-order chi connectivity index (χ0) is 26.0. The number of non-ortho nitro benzene ring substituents is 1. The van der Waals surface area contributed by atoms with Gasteiger partial charge in [0.05, 0.1) is 20.8 Å². The molecule has 3 aromatic carbocycles. The fraction of sp³-hybridized carbons (Fsp3) is 0.100. The first-order chi connectivity index (χ1) is 16.4. The Balaban J connectivity index is 2.31. The summed E-state index contributed by atoms with van der Waals surface area (Å²) in [5.74, 6) is -0.766. The second-order valence-electron chi connectivity index (χ2n) is 6.93. The standard InChI is InChI=1S/C20H15F2N3O8S2/c21-13-19(14-5-7-15(22)8-6-14)25(34(30,31)17-11-9-16(10-12-17)23(26)27)35(32,33)20-4-2-1-3-18(20)24(28)29/h1-12,19H,13H2. The fourth-order valence-corrected chi connectivity index (χ4v) is 7.28. The van der Waals surface area contributed by atoms with Gasteiger partial charge in [-0.05, 0) is 35.9 Å². The quantitative estimate of drug-likeness (QED) is 0.301. The van der Waals surface area contributed by atoms with Crippen LogP contribution in [0, 0.1) is 26.0 Å². The highest BCUT2D eigenvalue weighted by Crippen LogP contribution is 2.37. The largest absolute Gasteiger partial charge is 0.289 e. The van der Waals surface area contributed by atoms with Crippen LogP contribution in [0.15, 0.2) is 82.6 Å². The molecule has 0 aliphatic carbocycles. The van der Waals surface area contributed by atoms with E-state index in [1.54, 1.807) is 0 Å². The zero-order valence-electron chi connectivity index (χ0n) is 17.4. The minimum atomic E-state index is -5.34. The van der Waals surface area contributed by atoms with Crippen molar-refractivity contribution < 1.29 is 35.5 Å². The lowest BCUT2D eigenvalue weighted by atomic mass is 10.1. The molecule has 0 fully saturated rings. The maximum absolute atomic E-state index is 14.3. The third-order valence-corrected chi connectivity index (χ3v) is 9.22. The van der Waals surface area contributed by atoms with E-state index < -0.39 is 69.6 Å². The third kappa shape index (κ3) is 5.01. The van der Waals surface area contributed by atoms with E-state index in [1.165, 1.54) is 0 Å². The van der Waals surface area contributed by atoms with Crippen molar-refractivity contribution in [3.05, 3.63) is 104 Å². The Labute approximate surface area is 197 Å². The molecule has 184 valence electrons. The first-order valence-electron chi connectivity index (χ1n) is 9.50. The summed E-state index contributed by atoms with van der Waals surface area (Å²) in [6, 6.07) is 8.51. The number of benzene rings is 3. The number of nitrogens with zero attached hydrogens (tertiary/aromatic N) is 3. The number of hydrogen-bond donors (Lipinski definition) is 0. The number of nitro benzene ring substituents is 2. The van der Waals surface area contributed by atoms with Crippen LogP contribution >= 0.6 is 0 Å². The summed E-state index contributed by atoms with van der Waals surface area (Å²) in [5, 5.41) is 22.4. The molecule has 0 radical (unpaired) electrons. The van der Waals surface area contributed by atoms with Gasteiger partial charge in [-0.25, -0.2) is 25.6 Å². The summed E-state index contributed by atoms with van der Waals surface area (Å²) < 4.78 is 81.7. The van der Waals surface area contributed by atoms with Gasteiger partial charge >= 0.3 is 0 Å². The Kier molecular flexibility index (Phi) is 7.23. The summed E-state index contributed by atoms with van der Waals surface area (Å²) in [6.07, 6.45) is 0. The molecule has 15 heteroatoms. The number of alkyl halides is 1. The molecule has 0 aliphatic heterocycles. The number of halogens is 2. The molecule has 3 rings (SSSR count). The maximum atomic E-state index is 14.3. The van der Waals surface area contributed by atoms with Crippen molar-refractivity contribution in [3.63, 3.8) is 0 Å². The summed E-state index contributed by atoms with van der Waals surface area (Å²) >= 11 is 0. The number of sulfonamides is 2. The molecule has 0 heterocycles. The highest BCUT2D eigenvalue weighted by atomic mass is 32.3.